The molecule has 6 aliphatic rings. The van der Waals surface area contributed by atoms with E-state index in [2.05, 4.69) is 46.8 Å². The van der Waals surface area contributed by atoms with Crippen molar-refractivity contribution in [1.82, 2.24) is 0 Å². The summed E-state index contributed by atoms with van der Waals surface area (Å²) in [5.41, 5.74) is 10.6. The van der Waals surface area contributed by atoms with Crippen LogP contribution in [0, 0.1) is 57.2 Å². The van der Waals surface area contributed by atoms with Crippen LogP contribution in [0.3, 0.4) is 0 Å². The highest BCUT2D eigenvalue weighted by Gasteiger charge is 2.71. The van der Waals surface area contributed by atoms with Crippen LogP contribution in [0.15, 0.2) is 24.3 Å². The molecule has 3 nitrogen and oxygen atoms in total. The third-order valence-electron chi connectivity index (χ3n) is 15.4. The molecule has 0 unspecified atom stereocenters. The van der Waals surface area contributed by atoms with Gasteiger partial charge in [-0.1, -0.05) is 46.8 Å². The second-order valence-electron chi connectivity index (χ2n) is 16.8. The Morgan fingerprint density at radius 3 is 2.15 bits per heavy atom. The Bertz CT molecular complexity index is 1150. The molecule has 0 radical (unpaired) electrons. The molecule has 3 N–H and O–H groups in total. The van der Waals surface area contributed by atoms with Crippen molar-refractivity contribution in [1.29, 1.82) is 0 Å². The predicted molar refractivity (Wildman–Crippen MR) is 158 cm³/mol. The number of aromatic carboxylic acids is 1. The zero-order valence-electron chi connectivity index (χ0n) is 25.3. The summed E-state index contributed by atoms with van der Waals surface area (Å²) < 4.78 is 0. The summed E-state index contributed by atoms with van der Waals surface area (Å²) in [6.07, 6.45) is 16.3. The van der Waals surface area contributed by atoms with Crippen LogP contribution in [0.4, 0.5) is 0 Å². The fraction of sp³-hybridized carbons (Fsp3) is 0.806. The summed E-state index contributed by atoms with van der Waals surface area (Å²) in [6, 6.07) is 7.85. The zero-order valence-corrected chi connectivity index (χ0v) is 25.3. The number of carboxylic acids is 1. The van der Waals surface area contributed by atoms with E-state index in [1.54, 1.807) is 0 Å². The summed E-state index contributed by atoms with van der Waals surface area (Å²) in [6.45, 7) is 13.3. The van der Waals surface area contributed by atoms with E-state index < -0.39 is 5.97 Å². The average molecular weight is 532 g/mol. The molecule has 0 amide bonds. The highest BCUT2D eigenvalue weighted by Crippen LogP contribution is 2.77. The van der Waals surface area contributed by atoms with Crippen LogP contribution in [0.2, 0.25) is 0 Å². The molecule has 1 aromatic rings. The largest absolute Gasteiger partial charge is 0.478 e. The van der Waals surface area contributed by atoms with Gasteiger partial charge < -0.3 is 10.8 Å². The van der Waals surface area contributed by atoms with Crippen molar-refractivity contribution in [2.24, 2.45) is 62.9 Å². The highest BCUT2D eigenvalue weighted by molar-refractivity contribution is 5.87. The summed E-state index contributed by atoms with van der Waals surface area (Å²) in [5, 5.41) is 9.42. The standard InChI is InChI=1S/C36H53NO2/c1-32(2)26(23-8-10-24(11-9-23)31(38)39)15-17-33(3)28(32)16-18-35(5)29(33)13-12-27-30-25(22-6-7-22)14-19-36(30,37)21-20-34(27,35)4/h8-11,22,25-30H,6-7,12-21,37H2,1-5H3,(H,38,39)/t25-,26+,27+,28-,29+,30+,33-,34+,35+,36-/m0/s1. The van der Waals surface area contributed by atoms with Crippen LogP contribution in [0.25, 0.3) is 0 Å². The summed E-state index contributed by atoms with van der Waals surface area (Å²) >= 11 is 0. The van der Waals surface area contributed by atoms with E-state index in [0.29, 0.717) is 33.6 Å². The maximum atomic E-state index is 11.5. The third-order valence-corrected chi connectivity index (χ3v) is 15.4. The summed E-state index contributed by atoms with van der Waals surface area (Å²) in [7, 11) is 0. The van der Waals surface area contributed by atoms with Crippen molar-refractivity contribution >= 4 is 5.97 Å². The van der Waals surface area contributed by atoms with Crippen molar-refractivity contribution in [2.75, 3.05) is 0 Å². The lowest BCUT2D eigenvalue weighted by atomic mass is 9.32. The minimum atomic E-state index is -0.830. The van der Waals surface area contributed by atoms with Crippen LogP contribution in [0.1, 0.15) is 134 Å². The number of carbonyl (C=O) groups is 1. The SMILES string of the molecule is CC1(C)[C@@H](c2ccc(C(=O)O)cc2)CC[C@]2(C)[C@H]3CC[C@@H]4[C@H]5[C@H](C6CC6)CC[C@]5(N)CC[C@@]4(C)[C@]3(C)CC[C@@H]12. The molecule has 10 atom stereocenters. The Morgan fingerprint density at radius 1 is 0.769 bits per heavy atom. The lowest BCUT2D eigenvalue weighted by molar-refractivity contribution is -0.233. The number of nitrogens with two attached hydrogens (primary N) is 1. The summed E-state index contributed by atoms with van der Waals surface area (Å²) in [4.78, 5) is 11.5. The van der Waals surface area contributed by atoms with Gasteiger partial charge in [-0.15, -0.1) is 0 Å². The molecule has 0 heterocycles. The average Bonchev–Trinajstić information content (AvgIpc) is 3.66. The van der Waals surface area contributed by atoms with Crippen molar-refractivity contribution in [2.45, 2.75) is 123 Å². The van der Waals surface area contributed by atoms with Gasteiger partial charge in [0.25, 0.3) is 0 Å². The topological polar surface area (TPSA) is 63.3 Å². The maximum absolute atomic E-state index is 11.5. The van der Waals surface area contributed by atoms with Gasteiger partial charge in [-0.3, -0.25) is 0 Å². The van der Waals surface area contributed by atoms with Crippen molar-refractivity contribution in [3.05, 3.63) is 35.4 Å². The molecule has 214 valence electrons. The second kappa shape index (κ2) is 8.36. The van der Waals surface area contributed by atoms with Gasteiger partial charge >= 0.3 is 5.97 Å². The Morgan fingerprint density at radius 2 is 1.49 bits per heavy atom. The molecular formula is C36H53NO2. The van der Waals surface area contributed by atoms with Crippen LogP contribution < -0.4 is 5.73 Å². The summed E-state index contributed by atoms with van der Waals surface area (Å²) in [5.74, 6) is 4.67. The first kappa shape index (κ1) is 26.5. The minimum Gasteiger partial charge on any atom is -0.478 e. The molecular weight excluding hydrogens is 478 g/mol. The molecule has 7 rings (SSSR count). The van der Waals surface area contributed by atoms with Gasteiger partial charge in [-0.25, -0.2) is 4.79 Å². The fourth-order valence-electron chi connectivity index (χ4n) is 13.2. The predicted octanol–water partition coefficient (Wildman–Crippen LogP) is 8.67. The normalized spacial score (nSPS) is 50.3. The zero-order chi connectivity index (χ0) is 27.6. The van der Waals surface area contributed by atoms with Gasteiger partial charge in [0.1, 0.15) is 0 Å². The van der Waals surface area contributed by atoms with Crippen molar-refractivity contribution in [3.63, 3.8) is 0 Å². The van der Waals surface area contributed by atoms with E-state index in [4.69, 9.17) is 5.73 Å². The molecule has 3 heteroatoms. The third kappa shape index (κ3) is 3.47. The first-order valence-electron chi connectivity index (χ1n) is 16.5. The first-order valence-corrected chi connectivity index (χ1v) is 16.5. The Labute approximate surface area is 237 Å². The molecule has 0 spiro atoms. The highest BCUT2D eigenvalue weighted by atomic mass is 16.4. The Kier molecular flexibility index (Phi) is 5.69. The van der Waals surface area contributed by atoms with Gasteiger partial charge in [0.15, 0.2) is 0 Å². The molecule has 0 saturated heterocycles. The van der Waals surface area contributed by atoms with Gasteiger partial charge in [-0.2, -0.15) is 0 Å². The van der Waals surface area contributed by atoms with Crippen molar-refractivity contribution in [3.8, 4) is 0 Å². The van der Waals surface area contributed by atoms with Crippen LogP contribution in [0.5, 0.6) is 0 Å². The van der Waals surface area contributed by atoms with Crippen LogP contribution in [-0.2, 0) is 0 Å². The lowest BCUT2D eigenvalue weighted by Crippen LogP contribution is -2.67. The molecule has 0 aromatic heterocycles. The number of hydrogen-bond donors (Lipinski definition) is 2. The van der Waals surface area contributed by atoms with Gasteiger partial charge in [0.2, 0.25) is 0 Å². The lowest BCUT2D eigenvalue weighted by Gasteiger charge is -2.73. The van der Waals surface area contributed by atoms with E-state index in [9.17, 15) is 9.90 Å². The van der Waals surface area contributed by atoms with E-state index >= 15 is 0 Å². The number of carboxylic acid groups (broad SMARTS) is 1. The Balaban J connectivity index is 1.20. The number of benzene rings is 1. The van der Waals surface area contributed by atoms with E-state index in [-0.39, 0.29) is 11.0 Å². The van der Waals surface area contributed by atoms with Crippen molar-refractivity contribution < 1.29 is 9.90 Å². The second-order valence-corrected chi connectivity index (χ2v) is 16.8. The molecule has 1 aromatic carbocycles. The number of rotatable bonds is 3. The van der Waals surface area contributed by atoms with Crippen LogP contribution in [-0.4, -0.2) is 16.6 Å². The van der Waals surface area contributed by atoms with E-state index in [0.717, 1.165) is 29.6 Å². The van der Waals surface area contributed by atoms with Gasteiger partial charge in [-0.05, 0) is 158 Å². The molecule has 6 fully saturated rings. The monoisotopic (exact) mass is 531 g/mol. The quantitative estimate of drug-likeness (QED) is 0.410. The molecule has 6 saturated carbocycles. The number of hydrogen-bond acceptors (Lipinski definition) is 2. The van der Waals surface area contributed by atoms with Gasteiger partial charge in [0, 0.05) is 5.54 Å². The molecule has 0 bridgehead atoms. The molecule has 6 aliphatic carbocycles. The Hall–Kier alpha value is -1.35. The smallest absolute Gasteiger partial charge is 0.335 e. The minimum absolute atomic E-state index is 0.123. The van der Waals surface area contributed by atoms with E-state index in [1.165, 1.54) is 82.6 Å². The first-order chi connectivity index (χ1) is 18.4. The number of fused-ring (bicyclic) bond motifs is 7. The van der Waals surface area contributed by atoms with Gasteiger partial charge in [0.05, 0.1) is 5.56 Å². The molecule has 0 aliphatic heterocycles. The maximum Gasteiger partial charge on any atom is 0.335 e. The fourth-order valence-corrected chi connectivity index (χ4v) is 13.2. The van der Waals surface area contributed by atoms with Crippen LogP contribution >= 0.6 is 0 Å². The van der Waals surface area contributed by atoms with E-state index in [1.807, 2.05) is 12.1 Å². The molecule has 39 heavy (non-hydrogen) atoms.